The van der Waals surface area contributed by atoms with Crippen LogP contribution in [0, 0.1) is 0 Å². The van der Waals surface area contributed by atoms with Gasteiger partial charge in [0, 0.05) is 53.0 Å². The highest BCUT2D eigenvalue weighted by Crippen LogP contribution is 2.44. The lowest BCUT2D eigenvalue weighted by Gasteiger charge is -2.12. The van der Waals surface area contributed by atoms with Gasteiger partial charge >= 0.3 is 0 Å². The number of thiophene rings is 1. The second kappa shape index (κ2) is 11.2. The van der Waals surface area contributed by atoms with Gasteiger partial charge in [0.05, 0.1) is 22.4 Å². The molecule has 7 aromatic carbocycles. The zero-order valence-corrected chi connectivity index (χ0v) is 27.2. The smallest absolute Gasteiger partial charge is 0.160 e. The summed E-state index contributed by atoms with van der Waals surface area (Å²) in [6.45, 7) is 0. The largest absolute Gasteiger partial charge is 0.246 e. The van der Waals surface area contributed by atoms with Gasteiger partial charge in [0.2, 0.25) is 0 Å². The summed E-state index contributed by atoms with van der Waals surface area (Å²) < 4.78 is 2.56. The molecule has 0 radical (unpaired) electrons. The van der Waals surface area contributed by atoms with E-state index in [1.54, 1.807) is 0 Å². The van der Waals surface area contributed by atoms with E-state index >= 15 is 0 Å². The van der Waals surface area contributed by atoms with Crippen LogP contribution in [0.15, 0.2) is 164 Å². The standard InChI is InChI=1S/C45H27N3S/c1-2-12-31(13-3-1)45-46-38-19-8-6-17-35(38)41(48-45)30-23-21-28(22-24-30)32-14-10-15-33(27-32)42-40-36-18-7-9-20-39(36)49-44(40)37-26-25-29-11-4-5-16-34(29)43(37)47-42/h1-27H. The highest BCUT2D eigenvalue weighted by molar-refractivity contribution is 7.26. The molecule has 0 unspecified atom stereocenters. The highest BCUT2D eigenvalue weighted by Gasteiger charge is 2.18. The minimum absolute atomic E-state index is 0.731. The first-order valence-electron chi connectivity index (χ1n) is 16.4. The maximum absolute atomic E-state index is 5.47. The average Bonchev–Trinajstić information content (AvgIpc) is 3.57. The fraction of sp³-hybridized carbons (Fsp3) is 0. The van der Waals surface area contributed by atoms with E-state index in [1.807, 2.05) is 35.6 Å². The molecule has 0 atom stereocenters. The topological polar surface area (TPSA) is 38.7 Å². The van der Waals surface area contributed by atoms with Crippen LogP contribution in [0.4, 0.5) is 0 Å². The van der Waals surface area contributed by atoms with Crippen LogP contribution < -0.4 is 0 Å². The molecular formula is C45H27N3S. The summed E-state index contributed by atoms with van der Waals surface area (Å²) >= 11 is 1.86. The van der Waals surface area contributed by atoms with Crippen molar-refractivity contribution < 1.29 is 0 Å². The van der Waals surface area contributed by atoms with Gasteiger partial charge in [-0.3, -0.25) is 0 Å². The molecule has 0 spiro atoms. The van der Waals surface area contributed by atoms with Crippen molar-refractivity contribution >= 4 is 64.1 Å². The molecule has 0 bridgehead atoms. The van der Waals surface area contributed by atoms with Crippen molar-refractivity contribution in [3.63, 3.8) is 0 Å². The SMILES string of the molecule is c1ccc(-c2nc(-c3ccc(-c4cccc(-c5nc6c7ccccc7ccc6c6sc7ccccc7c56)c4)cc3)c3ccccc3n2)cc1. The van der Waals surface area contributed by atoms with Gasteiger partial charge < -0.3 is 0 Å². The number of benzene rings is 7. The third kappa shape index (κ3) is 4.61. The zero-order valence-electron chi connectivity index (χ0n) is 26.3. The summed E-state index contributed by atoms with van der Waals surface area (Å²) in [6, 6.07) is 57.7. The Kier molecular flexibility index (Phi) is 6.36. The van der Waals surface area contributed by atoms with Crippen molar-refractivity contribution in [3.8, 4) is 45.0 Å². The third-order valence-corrected chi connectivity index (χ3v) is 10.7. The predicted molar refractivity (Wildman–Crippen MR) is 207 cm³/mol. The Hall–Kier alpha value is -6.23. The molecule has 0 aliphatic carbocycles. The second-order valence-corrected chi connectivity index (χ2v) is 13.4. The van der Waals surface area contributed by atoms with Crippen molar-refractivity contribution in [2.75, 3.05) is 0 Å². The summed E-state index contributed by atoms with van der Waals surface area (Å²) in [5, 5.41) is 7.11. The van der Waals surface area contributed by atoms with E-state index in [0.29, 0.717) is 0 Å². The summed E-state index contributed by atoms with van der Waals surface area (Å²) in [5.74, 6) is 0.731. The van der Waals surface area contributed by atoms with Crippen LogP contribution in [0.3, 0.4) is 0 Å². The lowest BCUT2D eigenvalue weighted by Crippen LogP contribution is -1.95. The molecule has 49 heavy (non-hydrogen) atoms. The van der Waals surface area contributed by atoms with Crippen LogP contribution in [0.5, 0.6) is 0 Å². The van der Waals surface area contributed by atoms with E-state index in [0.717, 1.165) is 61.4 Å². The highest BCUT2D eigenvalue weighted by atomic mass is 32.1. The van der Waals surface area contributed by atoms with E-state index in [4.69, 9.17) is 15.0 Å². The summed E-state index contributed by atoms with van der Waals surface area (Å²) in [7, 11) is 0. The lowest BCUT2D eigenvalue weighted by molar-refractivity contribution is 1.23. The molecule has 4 heteroatoms. The Labute approximate surface area is 286 Å². The first-order chi connectivity index (χ1) is 24.3. The van der Waals surface area contributed by atoms with Crippen molar-refractivity contribution in [2.24, 2.45) is 0 Å². The summed E-state index contributed by atoms with van der Waals surface area (Å²) in [4.78, 5) is 15.4. The Morgan fingerprint density at radius 2 is 1.08 bits per heavy atom. The predicted octanol–water partition coefficient (Wildman–Crippen LogP) is 12.4. The lowest BCUT2D eigenvalue weighted by atomic mass is 9.96. The van der Waals surface area contributed by atoms with Crippen LogP contribution in [-0.4, -0.2) is 15.0 Å². The van der Waals surface area contributed by atoms with Gasteiger partial charge in [0.1, 0.15) is 0 Å². The summed E-state index contributed by atoms with van der Waals surface area (Å²) in [6.07, 6.45) is 0. The van der Waals surface area contributed by atoms with Gasteiger partial charge in [0.15, 0.2) is 5.82 Å². The Balaban J connectivity index is 1.12. The van der Waals surface area contributed by atoms with Gasteiger partial charge in [-0.25, -0.2) is 15.0 Å². The number of rotatable bonds is 4. The van der Waals surface area contributed by atoms with E-state index in [1.165, 1.54) is 36.3 Å². The molecule has 3 nitrogen and oxygen atoms in total. The number of hydrogen-bond donors (Lipinski definition) is 0. The second-order valence-electron chi connectivity index (χ2n) is 12.4. The zero-order chi connectivity index (χ0) is 32.3. The maximum Gasteiger partial charge on any atom is 0.160 e. The van der Waals surface area contributed by atoms with Gasteiger partial charge in [0.25, 0.3) is 0 Å². The monoisotopic (exact) mass is 641 g/mol. The van der Waals surface area contributed by atoms with Crippen LogP contribution in [-0.2, 0) is 0 Å². The third-order valence-electron chi connectivity index (χ3n) is 9.46. The first-order valence-corrected chi connectivity index (χ1v) is 17.3. The van der Waals surface area contributed by atoms with Crippen molar-refractivity contribution in [2.45, 2.75) is 0 Å². The van der Waals surface area contributed by atoms with E-state index in [-0.39, 0.29) is 0 Å². The molecule has 0 fully saturated rings. The van der Waals surface area contributed by atoms with E-state index in [2.05, 4.69) is 140 Å². The number of aromatic nitrogens is 3. The summed E-state index contributed by atoms with van der Waals surface area (Å²) in [5.41, 5.74) is 9.41. The van der Waals surface area contributed by atoms with Crippen LogP contribution in [0.25, 0.3) is 97.8 Å². The number of fused-ring (bicyclic) bond motifs is 8. The molecule has 0 saturated carbocycles. The molecule has 3 heterocycles. The first kappa shape index (κ1) is 27.8. The van der Waals surface area contributed by atoms with Gasteiger partial charge in [-0.05, 0) is 34.7 Å². The molecule has 10 aromatic rings. The van der Waals surface area contributed by atoms with Crippen molar-refractivity contribution in [1.29, 1.82) is 0 Å². The number of para-hydroxylation sites is 1. The number of pyridine rings is 1. The Bertz CT molecular complexity index is 2870. The molecular weight excluding hydrogens is 615 g/mol. The Morgan fingerprint density at radius 1 is 0.388 bits per heavy atom. The van der Waals surface area contributed by atoms with Crippen molar-refractivity contribution in [3.05, 3.63) is 164 Å². The minimum atomic E-state index is 0.731. The molecule has 10 rings (SSSR count). The van der Waals surface area contributed by atoms with Crippen LogP contribution in [0.2, 0.25) is 0 Å². The van der Waals surface area contributed by atoms with Crippen LogP contribution >= 0.6 is 11.3 Å². The average molecular weight is 642 g/mol. The van der Waals surface area contributed by atoms with Crippen molar-refractivity contribution in [1.82, 2.24) is 15.0 Å². The number of nitrogens with zero attached hydrogens (tertiary/aromatic N) is 3. The quantitative estimate of drug-likeness (QED) is 0.180. The fourth-order valence-corrected chi connectivity index (χ4v) is 8.32. The Morgan fingerprint density at radius 3 is 1.96 bits per heavy atom. The van der Waals surface area contributed by atoms with Gasteiger partial charge in [-0.15, -0.1) is 11.3 Å². The molecule has 0 saturated heterocycles. The molecule has 0 aliphatic rings. The minimum Gasteiger partial charge on any atom is -0.246 e. The molecule has 3 aromatic heterocycles. The normalized spacial score (nSPS) is 11.7. The molecule has 0 N–H and O–H groups in total. The molecule has 0 amide bonds. The molecule has 0 aliphatic heterocycles. The van der Waals surface area contributed by atoms with E-state index < -0.39 is 0 Å². The van der Waals surface area contributed by atoms with Gasteiger partial charge in [-0.2, -0.15) is 0 Å². The maximum atomic E-state index is 5.47. The van der Waals surface area contributed by atoms with E-state index in [9.17, 15) is 0 Å². The molecule has 228 valence electrons. The van der Waals surface area contributed by atoms with Crippen LogP contribution in [0.1, 0.15) is 0 Å². The van der Waals surface area contributed by atoms with Gasteiger partial charge in [-0.1, -0.05) is 146 Å². The number of hydrogen-bond acceptors (Lipinski definition) is 4. The fourth-order valence-electron chi connectivity index (χ4n) is 7.09.